The van der Waals surface area contributed by atoms with Crippen molar-refractivity contribution in [2.45, 2.75) is 18.6 Å². The Kier molecular flexibility index (Phi) is 5.78. The highest BCUT2D eigenvalue weighted by molar-refractivity contribution is 5.88. The minimum atomic E-state index is -0.931. The zero-order chi connectivity index (χ0) is 18.7. The van der Waals surface area contributed by atoms with E-state index < -0.39 is 17.9 Å². The van der Waals surface area contributed by atoms with Crippen molar-refractivity contribution in [3.8, 4) is 0 Å². The van der Waals surface area contributed by atoms with E-state index in [0.29, 0.717) is 26.1 Å². The molecule has 2 aliphatic heterocycles. The van der Waals surface area contributed by atoms with Gasteiger partial charge in [0, 0.05) is 45.5 Å². The number of methoxy groups -OCH3 is 1. The molecular formula is C19H27N3O4. The summed E-state index contributed by atoms with van der Waals surface area (Å²) in [6.45, 7) is 3.30. The summed E-state index contributed by atoms with van der Waals surface area (Å²) in [6.07, 6.45) is 0.219. The number of anilines is 1. The van der Waals surface area contributed by atoms with E-state index in [0.717, 1.165) is 18.8 Å². The van der Waals surface area contributed by atoms with Gasteiger partial charge in [0.25, 0.3) is 0 Å². The lowest BCUT2D eigenvalue weighted by molar-refractivity contribution is -0.158. The van der Waals surface area contributed by atoms with Gasteiger partial charge < -0.3 is 19.6 Å². The van der Waals surface area contributed by atoms with E-state index in [2.05, 4.69) is 17.0 Å². The summed E-state index contributed by atoms with van der Waals surface area (Å²) in [4.78, 5) is 30.7. The largest absolute Gasteiger partial charge is 0.481 e. The van der Waals surface area contributed by atoms with Crippen LogP contribution in [0.25, 0.3) is 0 Å². The number of nitrogens with zero attached hydrogens (tertiary/aromatic N) is 3. The molecule has 0 radical (unpaired) electrons. The van der Waals surface area contributed by atoms with Crippen LogP contribution in [-0.2, 0) is 14.3 Å². The Hall–Kier alpha value is -2.12. The topological polar surface area (TPSA) is 73.3 Å². The predicted molar refractivity (Wildman–Crippen MR) is 98.2 cm³/mol. The molecule has 1 aromatic carbocycles. The van der Waals surface area contributed by atoms with Crippen molar-refractivity contribution in [3.05, 3.63) is 30.3 Å². The van der Waals surface area contributed by atoms with Gasteiger partial charge in [0.05, 0.1) is 12.0 Å². The van der Waals surface area contributed by atoms with Crippen molar-refractivity contribution < 1.29 is 19.4 Å². The number of piperidine rings is 1. The number of carbonyl (C=O) groups excluding carboxylic acids is 1. The van der Waals surface area contributed by atoms with Crippen LogP contribution in [0.3, 0.4) is 0 Å². The average molecular weight is 361 g/mol. The Labute approximate surface area is 154 Å². The number of likely N-dealkylation sites (tertiary alicyclic amines) is 1. The summed E-state index contributed by atoms with van der Waals surface area (Å²) >= 11 is 0. The monoisotopic (exact) mass is 361 g/mol. The standard InChI is InChI=1S/C19H27N3O4/c1-20-13-15(26-2)12-16(19(24)25)17(20)18(23)22-10-8-21(9-11-22)14-6-4-3-5-7-14/h3-7,15-17H,8-13H2,1-2H3,(H,24,25)/t15-,16-,17-/m0/s1. The highest BCUT2D eigenvalue weighted by atomic mass is 16.5. The van der Waals surface area contributed by atoms with Crippen molar-refractivity contribution in [2.24, 2.45) is 5.92 Å². The molecule has 1 amide bonds. The third-order valence-corrected chi connectivity index (χ3v) is 5.48. The summed E-state index contributed by atoms with van der Waals surface area (Å²) in [6, 6.07) is 9.51. The Bertz CT molecular complexity index is 631. The molecule has 2 aliphatic rings. The molecule has 1 aromatic rings. The van der Waals surface area contributed by atoms with Gasteiger partial charge in [-0.25, -0.2) is 0 Å². The first kappa shape index (κ1) is 18.7. The number of piperazine rings is 1. The van der Waals surface area contributed by atoms with Gasteiger partial charge in [0.1, 0.15) is 6.04 Å². The second-order valence-electron chi connectivity index (χ2n) is 7.07. The highest BCUT2D eigenvalue weighted by Gasteiger charge is 2.44. The normalized spacial score (nSPS) is 27.4. The fourth-order valence-corrected chi connectivity index (χ4v) is 4.01. The van der Waals surface area contributed by atoms with Gasteiger partial charge in [-0.1, -0.05) is 18.2 Å². The van der Waals surface area contributed by atoms with E-state index in [1.165, 1.54) is 0 Å². The van der Waals surface area contributed by atoms with Gasteiger partial charge in [0.2, 0.25) is 5.91 Å². The van der Waals surface area contributed by atoms with Crippen LogP contribution in [0.2, 0.25) is 0 Å². The van der Waals surface area contributed by atoms with Crippen molar-refractivity contribution in [1.29, 1.82) is 0 Å². The van der Waals surface area contributed by atoms with Crippen molar-refractivity contribution >= 4 is 17.6 Å². The molecule has 3 rings (SSSR count). The van der Waals surface area contributed by atoms with Crippen LogP contribution in [-0.4, -0.2) is 85.8 Å². The van der Waals surface area contributed by atoms with Gasteiger partial charge in [-0.05, 0) is 25.6 Å². The fraction of sp³-hybridized carbons (Fsp3) is 0.579. The maximum Gasteiger partial charge on any atom is 0.308 e. The number of para-hydroxylation sites is 1. The van der Waals surface area contributed by atoms with E-state index >= 15 is 0 Å². The second-order valence-corrected chi connectivity index (χ2v) is 7.07. The minimum Gasteiger partial charge on any atom is -0.481 e. The van der Waals surface area contributed by atoms with Crippen LogP contribution >= 0.6 is 0 Å². The molecule has 0 spiro atoms. The zero-order valence-corrected chi connectivity index (χ0v) is 15.4. The Morgan fingerprint density at radius 3 is 2.35 bits per heavy atom. The number of aliphatic carboxylic acids is 1. The van der Waals surface area contributed by atoms with Crippen LogP contribution in [0.4, 0.5) is 5.69 Å². The Morgan fingerprint density at radius 1 is 1.12 bits per heavy atom. The molecule has 2 fully saturated rings. The molecule has 7 heteroatoms. The Balaban J connectivity index is 1.66. The molecule has 0 unspecified atom stereocenters. The van der Waals surface area contributed by atoms with Crippen LogP contribution < -0.4 is 4.90 Å². The molecule has 0 aromatic heterocycles. The number of benzene rings is 1. The molecule has 0 aliphatic carbocycles. The molecule has 26 heavy (non-hydrogen) atoms. The zero-order valence-electron chi connectivity index (χ0n) is 15.4. The van der Waals surface area contributed by atoms with E-state index in [9.17, 15) is 14.7 Å². The van der Waals surface area contributed by atoms with Gasteiger partial charge in [-0.15, -0.1) is 0 Å². The first-order valence-corrected chi connectivity index (χ1v) is 9.06. The van der Waals surface area contributed by atoms with E-state index in [1.54, 1.807) is 7.11 Å². The summed E-state index contributed by atoms with van der Waals surface area (Å²) < 4.78 is 5.34. The van der Waals surface area contributed by atoms with Gasteiger partial charge in [0.15, 0.2) is 0 Å². The van der Waals surface area contributed by atoms with Gasteiger partial charge >= 0.3 is 5.97 Å². The number of hydrogen-bond acceptors (Lipinski definition) is 5. The van der Waals surface area contributed by atoms with Crippen LogP contribution in [0.1, 0.15) is 6.42 Å². The molecule has 142 valence electrons. The van der Waals surface area contributed by atoms with Crippen LogP contribution in [0.15, 0.2) is 30.3 Å². The van der Waals surface area contributed by atoms with Crippen LogP contribution in [0, 0.1) is 5.92 Å². The number of carboxylic acids is 1. The van der Waals surface area contributed by atoms with Crippen LogP contribution in [0.5, 0.6) is 0 Å². The van der Waals surface area contributed by atoms with Crippen molar-refractivity contribution in [2.75, 3.05) is 51.8 Å². The molecular weight excluding hydrogens is 334 g/mol. The summed E-state index contributed by atoms with van der Waals surface area (Å²) in [5.74, 6) is -1.75. The van der Waals surface area contributed by atoms with E-state index in [-0.39, 0.29) is 12.0 Å². The summed E-state index contributed by atoms with van der Waals surface area (Å²) in [5.41, 5.74) is 1.15. The molecule has 1 N–H and O–H groups in total. The van der Waals surface area contributed by atoms with Crippen molar-refractivity contribution in [3.63, 3.8) is 0 Å². The molecule has 2 heterocycles. The maximum absolute atomic E-state index is 13.1. The molecule has 0 saturated carbocycles. The lowest BCUT2D eigenvalue weighted by Gasteiger charge is -2.43. The quantitative estimate of drug-likeness (QED) is 0.853. The number of hydrogen-bond donors (Lipinski definition) is 1. The lowest BCUT2D eigenvalue weighted by Crippen LogP contribution is -2.61. The lowest BCUT2D eigenvalue weighted by atomic mass is 9.87. The second kappa shape index (κ2) is 8.05. The smallest absolute Gasteiger partial charge is 0.308 e. The first-order chi connectivity index (χ1) is 12.5. The molecule has 0 bridgehead atoms. The predicted octanol–water partition coefficient (Wildman–Crippen LogP) is 0.755. The number of likely N-dealkylation sites (N-methyl/N-ethyl adjacent to an activating group) is 1. The average Bonchev–Trinajstić information content (AvgIpc) is 2.67. The first-order valence-electron chi connectivity index (χ1n) is 9.06. The number of carbonyl (C=O) groups is 2. The molecule has 3 atom stereocenters. The Morgan fingerprint density at radius 2 is 1.77 bits per heavy atom. The third-order valence-electron chi connectivity index (χ3n) is 5.48. The summed E-state index contributed by atoms with van der Waals surface area (Å²) in [7, 11) is 3.40. The van der Waals surface area contributed by atoms with E-state index in [1.807, 2.05) is 35.0 Å². The minimum absolute atomic E-state index is 0.0813. The van der Waals surface area contributed by atoms with Gasteiger partial charge in [-0.2, -0.15) is 0 Å². The summed E-state index contributed by atoms with van der Waals surface area (Å²) in [5, 5.41) is 9.62. The van der Waals surface area contributed by atoms with Gasteiger partial charge in [-0.3, -0.25) is 14.5 Å². The number of ether oxygens (including phenoxy) is 1. The number of rotatable bonds is 4. The number of carboxylic acid groups (broad SMARTS) is 1. The maximum atomic E-state index is 13.1. The van der Waals surface area contributed by atoms with Crippen molar-refractivity contribution in [1.82, 2.24) is 9.80 Å². The number of amides is 1. The molecule has 7 nitrogen and oxygen atoms in total. The third kappa shape index (κ3) is 3.83. The fourth-order valence-electron chi connectivity index (χ4n) is 4.01. The SMILES string of the molecule is CO[C@H]1C[C@H](C(=O)O)[C@@H](C(=O)N2CCN(c3ccccc3)CC2)N(C)C1. The molecule has 2 saturated heterocycles. The van der Waals surface area contributed by atoms with E-state index in [4.69, 9.17) is 4.74 Å². The highest BCUT2D eigenvalue weighted by Crippen LogP contribution is 2.27.